The smallest absolute Gasteiger partial charge is 0.274 e. The van der Waals surface area contributed by atoms with E-state index in [1.165, 1.54) is 23.1 Å². The highest BCUT2D eigenvalue weighted by Gasteiger charge is 2.34. The molecule has 1 unspecified atom stereocenters. The molecule has 2 saturated heterocycles. The zero-order valence-corrected chi connectivity index (χ0v) is 35.3. The van der Waals surface area contributed by atoms with Crippen molar-refractivity contribution in [3.8, 4) is 16.7 Å². The Balaban J connectivity index is 0.983. The van der Waals surface area contributed by atoms with Gasteiger partial charge in [0.1, 0.15) is 27.8 Å². The van der Waals surface area contributed by atoms with Crippen LogP contribution in [0.5, 0.6) is 16.7 Å². The fourth-order valence-electron chi connectivity index (χ4n) is 7.87. The number of halogens is 2. The summed E-state index contributed by atoms with van der Waals surface area (Å²) in [6.45, 7) is 11.2. The number of carbonyl (C=O) groups is 1. The Morgan fingerprint density at radius 3 is 2.60 bits per heavy atom. The number of piperazine rings is 1. The number of carbonyl (C=O) groups excluding carboxylic acids is 1. The van der Waals surface area contributed by atoms with Gasteiger partial charge in [0.15, 0.2) is 16.7 Å². The van der Waals surface area contributed by atoms with E-state index in [2.05, 4.69) is 55.5 Å². The van der Waals surface area contributed by atoms with Crippen LogP contribution in [0.2, 0.25) is 5.02 Å². The molecule has 11 nitrogen and oxygen atoms in total. The fourth-order valence-corrected chi connectivity index (χ4v) is 9.97. The Kier molecular flexibility index (Phi) is 11.9. The number of para-hydroxylation sites is 1. The number of nitrogens with zero attached hydrogens (tertiary/aromatic N) is 4. The number of fused-ring (bicyclic) bond motifs is 1. The number of thiazole rings is 1. The van der Waals surface area contributed by atoms with Gasteiger partial charge in [0.05, 0.1) is 23.1 Å². The van der Waals surface area contributed by atoms with Crippen molar-refractivity contribution in [2.24, 2.45) is 5.41 Å². The molecule has 4 heterocycles. The van der Waals surface area contributed by atoms with Crippen LogP contribution >= 0.6 is 22.9 Å². The molecule has 5 aromatic rings. The third-order valence-electron chi connectivity index (χ3n) is 11.3. The summed E-state index contributed by atoms with van der Waals surface area (Å²) in [6, 6.07) is 19.3. The second-order valence-electron chi connectivity index (χ2n) is 16.1. The van der Waals surface area contributed by atoms with E-state index in [4.69, 9.17) is 25.8 Å². The molecule has 58 heavy (non-hydrogen) atoms. The van der Waals surface area contributed by atoms with Crippen molar-refractivity contribution in [3.63, 3.8) is 0 Å². The molecule has 2 fully saturated rings. The number of hydrogen-bond donors (Lipinski definition) is 2. The molecule has 0 bridgehead atoms. The number of aryl methyl sites for hydroxylation is 1. The van der Waals surface area contributed by atoms with Crippen LogP contribution in [0.15, 0.2) is 76.8 Å². The highest BCUT2D eigenvalue weighted by atomic mass is 35.5. The molecule has 1 amide bonds. The molecule has 3 aromatic carbocycles. The molecular weight excluding hydrogens is 799 g/mol. The van der Waals surface area contributed by atoms with Gasteiger partial charge in [-0.25, -0.2) is 18.6 Å². The Bertz CT molecular complexity index is 2330. The van der Waals surface area contributed by atoms with Crippen LogP contribution in [0.1, 0.15) is 67.6 Å². The molecule has 1 aliphatic carbocycles. The molecule has 2 N–H and O–H groups in total. The van der Waals surface area contributed by atoms with Gasteiger partial charge in [-0.15, -0.1) is 0 Å². The highest BCUT2D eigenvalue weighted by Crippen LogP contribution is 2.43. The quantitative estimate of drug-likeness (QED) is 0.127. The lowest BCUT2D eigenvalue weighted by Crippen LogP contribution is -2.47. The number of hydrogen-bond acceptors (Lipinski definition) is 10. The number of H-pyrrole nitrogens is 1. The Morgan fingerprint density at radius 2 is 1.83 bits per heavy atom. The van der Waals surface area contributed by atoms with Crippen LogP contribution < -0.4 is 19.1 Å². The van der Waals surface area contributed by atoms with Gasteiger partial charge in [-0.1, -0.05) is 60.6 Å². The summed E-state index contributed by atoms with van der Waals surface area (Å²) >= 11 is 7.27. The van der Waals surface area contributed by atoms with E-state index >= 15 is 4.39 Å². The monoisotopic (exact) mass is 846 g/mol. The fraction of sp³-hybridized carbons (Fsp3) is 0.419. The predicted octanol–water partition coefficient (Wildman–Crippen LogP) is 8.91. The predicted molar refractivity (Wildman–Crippen MR) is 227 cm³/mol. The molecule has 0 spiro atoms. The van der Waals surface area contributed by atoms with Gasteiger partial charge >= 0.3 is 0 Å². The average molecular weight is 847 g/mol. The highest BCUT2D eigenvalue weighted by molar-refractivity contribution is 7.86. The summed E-state index contributed by atoms with van der Waals surface area (Å²) in [5, 5.41) is 0.944. The van der Waals surface area contributed by atoms with Gasteiger partial charge in [-0.05, 0) is 79.1 Å². The maximum Gasteiger partial charge on any atom is 0.274 e. The van der Waals surface area contributed by atoms with E-state index in [1.807, 2.05) is 36.4 Å². The van der Waals surface area contributed by atoms with Crippen molar-refractivity contribution in [1.29, 1.82) is 0 Å². The van der Waals surface area contributed by atoms with Crippen LogP contribution in [-0.4, -0.2) is 88.2 Å². The first-order chi connectivity index (χ1) is 27.9. The zero-order valence-electron chi connectivity index (χ0n) is 32.9. The summed E-state index contributed by atoms with van der Waals surface area (Å²) in [6.07, 6.45) is 5.37. The van der Waals surface area contributed by atoms with Gasteiger partial charge in [-0.3, -0.25) is 14.4 Å². The molecule has 2 aliphatic heterocycles. The van der Waals surface area contributed by atoms with E-state index in [0.29, 0.717) is 40.1 Å². The number of aromatic amines is 1. The van der Waals surface area contributed by atoms with Crippen molar-refractivity contribution in [2.75, 3.05) is 57.4 Å². The van der Waals surface area contributed by atoms with Gasteiger partial charge in [0, 0.05) is 75.6 Å². The number of alkyl halides is 1. The number of nitrogens with one attached hydrogen (secondary N) is 2. The first kappa shape index (κ1) is 40.4. The van der Waals surface area contributed by atoms with E-state index < -0.39 is 22.6 Å². The van der Waals surface area contributed by atoms with Crippen molar-refractivity contribution in [2.45, 2.75) is 62.8 Å². The van der Waals surface area contributed by atoms with Gasteiger partial charge in [0.25, 0.3) is 11.1 Å². The summed E-state index contributed by atoms with van der Waals surface area (Å²) in [5.74, 6) is 0.202. The van der Waals surface area contributed by atoms with Crippen molar-refractivity contribution >= 4 is 62.1 Å². The van der Waals surface area contributed by atoms with E-state index in [0.717, 1.165) is 73.1 Å². The Hall–Kier alpha value is -4.34. The molecular formula is C43H48ClFN6O5S2. The summed E-state index contributed by atoms with van der Waals surface area (Å²) < 4.78 is 49.1. The maximum absolute atomic E-state index is 15.1. The normalized spacial score (nSPS) is 18.9. The van der Waals surface area contributed by atoms with E-state index in [-0.39, 0.29) is 35.6 Å². The minimum Gasteiger partial charge on any atom is -0.467 e. The number of imidazole rings is 1. The average Bonchev–Trinajstić information content (AvgIpc) is 3.86. The van der Waals surface area contributed by atoms with Gasteiger partial charge in [0.2, 0.25) is 0 Å². The SMILES string of the molecule is Cc1nc(OCC2(F)CCOCC2)sc1S(=O)NC(=O)c1ccc(N2CCN(CC3=C(c4ccc(Cl)cc4)CC(C)(C)CC3)CC2)cc1Oc1cccc2[nH]cnc12. The van der Waals surface area contributed by atoms with Crippen molar-refractivity contribution < 1.29 is 27.6 Å². The second-order valence-corrected chi connectivity index (χ2v) is 18.9. The summed E-state index contributed by atoms with van der Waals surface area (Å²) in [5.41, 5.74) is 5.93. The van der Waals surface area contributed by atoms with Crippen LogP contribution in [0.3, 0.4) is 0 Å². The van der Waals surface area contributed by atoms with Crippen LogP contribution in [0.4, 0.5) is 10.1 Å². The number of aromatic nitrogens is 3. The molecule has 8 rings (SSSR count). The topological polar surface area (TPSA) is 122 Å². The van der Waals surface area contributed by atoms with Crippen LogP contribution in [-0.2, 0) is 15.7 Å². The summed E-state index contributed by atoms with van der Waals surface area (Å²) in [4.78, 5) is 30.6. The minimum absolute atomic E-state index is 0.172. The van der Waals surface area contributed by atoms with Crippen molar-refractivity contribution in [3.05, 3.63) is 94.4 Å². The van der Waals surface area contributed by atoms with Crippen molar-refractivity contribution in [1.82, 2.24) is 24.6 Å². The number of benzene rings is 3. The lowest BCUT2D eigenvalue weighted by molar-refractivity contribution is -0.0324. The molecule has 3 aliphatic rings. The first-order valence-electron chi connectivity index (χ1n) is 19.7. The number of amides is 1. The molecule has 306 valence electrons. The Morgan fingerprint density at radius 1 is 1.05 bits per heavy atom. The first-order valence-corrected chi connectivity index (χ1v) is 22.0. The number of anilines is 1. The number of ether oxygens (including phenoxy) is 3. The van der Waals surface area contributed by atoms with E-state index in [9.17, 15) is 9.00 Å². The standard InChI is InChI=1S/C43H48ClFN6O5S2/c1-28-40(57-41(48-28)55-26-43(45)15-21-54-22-16-43)58(53)49-39(52)33-12-11-32(23-37(33)56-36-6-4-5-35-38(36)47-27-46-35)51-19-17-50(18-20-51)25-30-13-14-42(2,3)24-34(30)29-7-9-31(44)10-8-29/h4-12,23,27H,13-22,24-26H2,1-3H3,(H,46,47)(H,49,52). The molecule has 0 saturated carbocycles. The minimum atomic E-state index is -1.97. The molecule has 1 atom stereocenters. The zero-order chi connectivity index (χ0) is 40.4. The van der Waals surface area contributed by atoms with Gasteiger partial charge < -0.3 is 24.1 Å². The number of rotatable bonds is 12. The lowest BCUT2D eigenvalue weighted by Gasteiger charge is -2.39. The number of allylic oxidation sites excluding steroid dienone is 1. The third kappa shape index (κ3) is 9.26. The Labute approximate surface area is 349 Å². The van der Waals surface area contributed by atoms with Crippen LogP contribution in [0, 0.1) is 12.3 Å². The second kappa shape index (κ2) is 17.1. The molecule has 15 heteroatoms. The van der Waals surface area contributed by atoms with Gasteiger partial charge in [-0.2, -0.15) is 0 Å². The molecule has 0 radical (unpaired) electrons. The maximum atomic E-state index is 15.1. The molecule has 2 aromatic heterocycles. The van der Waals surface area contributed by atoms with Crippen LogP contribution in [0.25, 0.3) is 16.6 Å². The largest absolute Gasteiger partial charge is 0.467 e. The summed E-state index contributed by atoms with van der Waals surface area (Å²) in [7, 11) is -1.97. The van der Waals surface area contributed by atoms with E-state index in [1.54, 1.807) is 25.4 Å². The third-order valence-corrected chi connectivity index (χ3v) is 14.1. The lowest BCUT2D eigenvalue weighted by atomic mass is 9.72.